The Kier molecular flexibility index (Phi) is 6.46. The summed E-state index contributed by atoms with van der Waals surface area (Å²) in [6.45, 7) is 2.09. The Morgan fingerprint density at radius 2 is 1.67 bits per heavy atom. The minimum atomic E-state index is -4.05. The van der Waals surface area contributed by atoms with Crippen molar-refractivity contribution in [2.45, 2.75) is 31.1 Å². The second-order valence-electron chi connectivity index (χ2n) is 7.52. The van der Waals surface area contributed by atoms with Crippen LogP contribution in [0.3, 0.4) is 0 Å². The number of hydrogen-bond acceptors (Lipinski definition) is 6. The average molecular weight is 466 g/mol. The molecule has 1 aliphatic rings. The fourth-order valence-corrected chi connectivity index (χ4v) is 5.38. The number of ether oxygens (including phenoxy) is 1. The Morgan fingerprint density at radius 1 is 0.939 bits per heavy atom. The molecule has 0 fully saturated rings. The highest BCUT2D eigenvalue weighted by Crippen LogP contribution is 2.39. The molecule has 0 N–H and O–H groups in total. The van der Waals surface area contributed by atoms with Crippen molar-refractivity contribution in [3.05, 3.63) is 95.6 Å². The molecule has 1 aromatic heterocycles. The van der Waals surface area contributed by atoms with E-state index in [9.17, 15) is 18.0 Å². The van der Waals surface area contributed by atoms with Gasteiger partial charge in [0.15, 0.2) is 5.76 Å². The van der Waals surface area contributed by atoms with Crippen LogP contribution in [0, 0.1) is 0 Å². The van der Waals surface area contributed by atoms with Crippen LogP contribution < -0.4 is 0 Å². The van der Waals surface area contributed by atoms with Gasteiger partial charge in [0, 0.05) is 17.7 Å². The molecule has 0 spiro atoms. The van der Waals surface area contributed by atoms with Crippen LogP contribution in [-0.2, 0) is 14.8 Å². The fraction of sp³-hybridized carbons (Fsp3) is 0.200. The number of carbonyl (C=O) groups is 2. The van der Waals surface area contributed by atoms with Crippen LogP contribution in [0.25, 0.3) is 5.76 Å². The number of nitrogens with zero attached hydrogens (tertiary/aromatic N) is 1. The maximum Gasteiger partial charge on any atom is 0.379 e. The molecule has 0 unspecified atom stereocenters. The van der Waals surface area contributed by atoms with Gasteiger partial charge in [0.1, 0.15) is 5.70 Å². The molecule has 0 saturated heterocycles. The number of furan rings is 1. The summed E-state index contributed by atoms with van der Waals surface area (Å²) in [4.78, 5) is 26.4. The number of hydrogen-bond donors (Lipinski definition) is 0. The monoisotopic (exact) mass is 465 g/mol. The molecule has 3 aromatic rings. The lowest BCUT2D eigenvalue weighted by Gasteiger charge is -2.32. The molecule has 33 heavy (non-hydrogen) atoms. The smallest absolute Gasteiger partial charge is 0.379 e. The molecular formula is C25H23NO6S. The van der Waals surface area contributed by atoms with E-state index in [1.54, 1.807) is 42.5 Å². The maximum atomic E-state index is 13.6. The Labute approximate surface area is 192 Å². The number of ketones is 1. The summed E-state index contributed by atoms with van der Waals surface area (Å²) in [6.07, 6.45) is 3.53. The van der Waals surface area contributed by atoms with Crippen molar-refractivity contribution in [1.29, 1.82) is 0 Å². The molecule has 7 nitrogen and oxygen atoms in total. The van der Waals surface area contributed by atoms with Gasteiger partial charge < -0.3 is 9.15 Å². The number of sulfonamides is 1. The van der Waals surface area contributed by atoms with Crippen molar-refractivity contribution in [3.8, 4) is 0 Å². The number of carbonyl (C=O) groups excluding carboxylic acids is 2. The quantitative estimate of drug-likeness (QED) is 0.267. The molecule has 8 heteroatoms. The zero-order valence-corrected chi connectivity index (χ0v) is 18.9. The second-order valence-corrected chi connectivity index (χ2v) is 9.35. The highest BCUT2D eigenvalue weighted by atomic mass is 32.2. The van der Waals surface area contributed by atoms with Crippen molar-refractivity contribution in [2.75, 3.05) is 6.54 Å². The average Bonchev–Trinajstić information content (AvgIpc) is 3.37. The van der Waals surface area contributed by atoms with Crippen LogP contribution in [0.1, 0.15) is 52.7 Å². The van der Waals surface area contributed by atoms with Crippen LogP contribution in [-0.4, -0.2) is 31.0 Å². The molecule has 0 radical (unpaired) electrons. The molecular weight excluding hydrogens is 442 g/mol. The third kappa shape index (κ3) is 4.34. The van der Waals surface area contributed by atoms with Crippen molar-refractivity contribution < 1.29 is 27.2 Å². The first kappa shape index (κ1) is 22.5. The van der Waals surface area contributed by atoms with E-state index in [2.05, 4.69) is 0 Å². The summed E-state index contributed by atoms with van der Waals surface area (Å²) < 4.78 is 39.1. The highest BCUT2D eigenvalue weighted by molar-refractivity contribution is 7.89. The zero-order valence-electron chi connectivity index (χ0n) is 18.1. The Balaban J connectivity index is 1.93. The Morgan fingerprint density at radius 3 is 2.36 bits per heavy atom. The molecule has 0 saturated carbocycles. The van der Waals surface area contributed by atoms with Gasteiger partial charge in [0.05, 0.1) is 11.2 Å². The summed E-state index contributed by atoms with van der Waals surface area (Å²) in [5.41, 5.74) is 0.258. The van der Waals surface area contributed by atoms with Gasteiger partial charge in [-0.05, 0) is 30.7 Å². The number of fused-ring (bicyclic) bond motifs is 1. The van der Waals surface area contributed by atoms with Crippen molar-refractivity contribution in [3.63, 3.8) is 0 Å². The summed E-state index contributed by atoms with van der Waals surface area (Å²) >= 11 is 0. The van der Waals surface area contributed by atoms with E-state index in [1.165, 1.54) is 30.5 Å². The lowest BCUT2D eigenvalue weighted by atomic mass is 10.0. The lowest BCUT2D eigenvalue weighted by molar-refractivity contribution is 0.0651. The summed E-state index contributed by atoms with van der Waals surface area (Å²) in [5.74, 6) is -1.53. The van der Waals surface area contributed by atoms with Gasteiger partial charge in [-0.3, -0.25) is 9.10 Å². The first-order chi connectivity index (χ1) is 15.9. The molecule has 170 valence electrons. The van der Waals surface area contributed by atoms with Gasteiger partial charge in [-0.25, -0.2) is 13.2 Å². The normalized spacial score (nSPS) is 14.6. The summed E-state index contributed by atoms with van der Waals surface area (Å²) in [6, 6.07) is 17.5. The number of esters is 1. The van der Waals surface area contributed by atoms with Crippen molar-refractivity contribution in [2.24, 2.45) is 0 Å². The third-order valence-corrected chi connectivity index (χ3v) is 7.15. The molecule has 0 bridgehead atoms. The second kappa shape index (κ2) is 9.46. The van der Waals surface area contributed by atoms with Crippen LogP contribution in [0.15, 0.2) is 88.0 Å². The van der Waals surface area contributed by atoms with Crippen molar-refractivity contribution in [1.82, 2.24) is 4.31 Å². The number of unbranched alkanes of at least 4 members (excludes halogenated alkanes) is 2. The minimum Gasteiger partial charge on any atom is -0.457 e. The SMILES string of the molecule is CCCCCN1C(C(=O)c2ccccc2)=C(OC(=O)c2ccco2)c2ccccc2S1(=O)=O. The predicted octanol–water partition coefficient (Wildman–Crippen LogP) is 4.88. The van der Waals surface area contributed by atoms with E-state index in [4.69, 9.17) is 9.15 Å². The largest absolute Gasteiger partial charge is 0.457 e. The summed E-state index contributed by atoms with van der Waals surface area (Å²) in [5, 5.41) is 0. The predicted molar refractivity (Wildman–Crippen MR) is 122 cm³/mol. The minimum absolute atomic E-state index is 0.0200. The van der Waals surface area contributed by atoms with E-state index in [-0.39, 0.29) is 39.8 Å². The first-order valence-electron chi connectivity index (χ1n) is 10.7. The molecule has 0 amide bonds. The molecule has 2 heterocycles. The van der Waals surface area contributed by atoms with Gasteiger partial charge in [-0.15, -0.1) is 0 Å². The first-order valence-corrected chi connectivity index (χ1v) is 12.1. The van der Waals surface area contributed by atoms with E-state index in [0.29, 0.717) is 6.42 Å². The van der Waals surface area contributed by atoms with Crippen LogP contribution in [0.2, 0.25) is 0 Å². The lowest BCUT2D eigenvalue weighted by Crippen LogP contribution is -2.39. The molecule has 4 rings (SSSR count). The van der Waals surface area contributed by atoms with E-state index >= 15 is 0 Å². The van der Waals surface area contributed by atoms with Crippen LogP contribution >= 0.6 is 0 Å². The standard InChI is InChI=1S/C25H23NO6S/c1-2-3-9-16-26-22(23(27)18-11-5-4-6-12-18)24(32-25(28)20-14-10-17-31-20)19-13-7-8-15-21(19)33(26,29)30/h4-8,10-15,17H,2-3,9,16H2,1H3. The molecule has 0 aliphatic carbocycles. The van der Waals surface area contributed by atoms with Crippen LogP contribution in [0.4, 0.5) is 0 Å². The molecule has 0 atom stereocenters. The summed E-state index contributed by atoms with van der Waals surface area (Å²) in [7, 11) is -4.05. The van der Waals surface area contributed by atoms with Gasteiger partial charge in [-0.2, -0.15) is 0 Å². The van der Waals surface area contributed by atoms with Gasteiger partial charge in [0.2, 0.25) is 11.5 Å². The van der Waals surface area contributed by atoms with Crippen molar-refractivity contribution >= 4 is 27.5 Å². The van der Waals surface area contributed by atoms with E-state index in [0.717, 1.165) is 17.1 Å². The van der Waals surface area contributed by atoms with Gasteiger partial charge >= 0.3 is 5.97 Å². The Hall–Kier alpha value is -3.65. The molecule has 1 aliphatic heterocycles. The topological polar surface area (TPSA) is 93.9 Å². The van der Waals surface area contributed by atoms with E-state index in [1.807, 2.05) is 6.92 Å². The number of benzene rings is 2. The third-order valence-electron chi connectivity index (χ3n) is 5.30. The highest BCUT2D eigenvalue weighted by Gasteiger charge is 2.41. The zero-order chi connectivity index (χ0) is 23.4. The fourth-order valence-electron chi connectivity index (χ4n) is 3.68. The molecule has 2 aromatic carbocycles. The maximum absolute atomic E-state index is 13.6. The van der Waals surface area contributed by atoms with E-state index < -0.39 is 21.8 Å². The number of rotatable bonds is 8. The van der Waals surface area contributed by atoms with Gasteiger partial charge in [-0.1, -0.05) is 62.2 Å². The Bertz CT molecular complexity index is 1290. The van der Waals surface area contributed by atoms with Crippen LogP contribution in [0.5, 0.6) is 0 Å². The number of allylic oxidation sites excluding steroid dienone is 1. The number of Topliss-reactive ketones (excluding diaryl/α,β-unsaturated/α-hetero) is 1. The van der Waals surface area contributed by atoms with Gasteiger partial charge in [0.25, 0.3) is 10.0 Å².